The van der Waals surface area contributed by atoms with E-state index < -0.39 is 11.9 Å². The second-order valence-corrected chi connectivity index (χ2v) is 4.50. The third-order valence-corrected chi connectivity index (χ3v) is 3.59. The molecular formula is C9H14O4S. The highest BCUT2D eigenvalue weighted by molar-refractivity contribution is 7.99. The summed E-state index contributed by atoms with van der Waals surface area (Å²) in [7, 11) is 1.33. The number of carbonyl (C=O) groups excluding carboxylic acids is 1. The van der Waals surface area contributed by atoms with Gasteiger partial charge in [0.2, 0.25) is 0 Å². The molecule has 4 nitrogen and oxygen atoms in total. The van der Waals surface area contributed by atoms with Crippen molar-refractivity contribution >= 4 is 23.7 Å². The highest BCUT2D eigenvalue weighted by Gasteiger charge is 2.32. The van der Waals surface area contributed by atoms with E-state index in [-0.39, 0.29) is 18.3 Å². The molecule has 0 unspecified atom stereocenters. The molecule has 1 N–H and O–H groups in total. The molecule has 0 aromatic carbocycles. The van der Waals surface area contributed by atoms with Crippen LogP contribution in [0.4, 0.5) is 0 Å². The Kier molecular flexibility index (Phi) is 4.25. The van der Waals surface area contributed by atoms with E-state index >= 15 is 0 Å². The van der Waals surface area contributed by atoms with Gasteiger partial charge in [-0.15, -0.1) is 0 Å². The molecule has 0 aromatic heterocycles. The van der Waals surface area contributed by atoms with Gasteiger partial charge in [0, 0.05) is 12.2 Å². The number of ether oxygens (including phenoxy) is 1. The van der Waals surface area contributed by atoms with Gasteiger partial charge in [0.05, 0.1) is 13.0 Å². The van der Waals surface area contributed by atoms with Gasteiger partial charge in [-0.2, -0.15) is 11.8 Å². The summed E-state index contributed by atoms with van der Waals surface area (Å²) >= 11 is 1.64. The van der Waals surface area contributed by atoms with Gasteiger partial charge in [-0.05, 0) is 18.1 Å². The summed E-state index contributed by atoms with van der Waals surface area (Å²) < 4.78 is 4.54. The molecule has 0 aliphatic carbocycles. The zero-order valence-electron chi connectivity index (χ0n) is 8.06. The number of carboxylic acids is 1. The molecule has 1 aliphatic heterocycles. The Bertz CT molecular complexity index is 229. The van der Waals surface area contributed by atoms with Crippen molar-refractivity contribution in [1.29, 1.82) is 0 Å². The maximum Gasteiger partial charge on any atom is 0.307 e. The molecule has 1 rings (SSSR count). The molecule has 5 heteroatoms. The number of rotatable bonds is 3. The minimum Gasteiger partial charge on any atom is -0.481 e. The van der Waals surface area contributed by atoms with Crippen LogP contribution in [-0.4, -0.2) is 35.7 Å². The molecule has 1 saturated heterocycles. The largest absolute Gasteiger partial charge is 0.481 e. The van der Waals surface area contributed by atoms with Gasteiger partial charge in [-0.3, -0.25) is 9.59 Å². The molecule has 0 bridgehead atoms. The number of methoxy groups -OCH3 is 1. The average Bonchev–Trinajstić information content (AvgIpc) is 2.18. The van der Waals surface area contributed by atoms with E-state index in [0.29, 0.717) is 5.75 Å². The fourth-order valence-corrected chi connectivity index (χ4v) is 2.90. The lowest BCUT2D eigenvalue weighted by molar-refractivity contribution is -0.146. The van der Waals surface area contributed by atoms with E-state index in [9.17, 15) is 9.59 Å². The quantitative estimate of drug-likeness (QED) is 0.716. The number of hydrogen-bond acceptors (Lipinski definition) is 4. The van der Waals surface area contributed by atoms with Crippen LogP contribution in [0.1, 0.15) is 12.8 Å². The second-order valence-electron chi connectivity index (χ2n) is 3.35. The molecule has 0 saturated carbocycles. The Morgan fingerprint density at radius 3 is 2.86 bits per heavy atom. The number of aliphatic carboxylic acids is 1. The van der Waals surface area contributed by atoms with E-state index in [2.05, 4.69) is 4.74 Å². The van der Waals surface area contributed by atoms with Crippen molar-refractivity contribution in [3.8, 4) is 0 Å². The Hall–Kier alpha value is -0.710. The molecule has 1 aliphatic rings. The van der Waals surface area contributed by atoms with Crippen LogP contribution in [0.3, 0.4) is 0 Å². The minimum atomic E-state index is -0.800. The second kappa shape index (κ2) is 5.24. The lowest BCUT2D eigenvalue weighted by Crippen LogP contribution is -2.31. The maximum atomic E-state index is 11.0. The summed E-state index contributed by atoms with van der Waals surface area (Å²) in [5.74, 6) is -0.0177. The summed E-state index contributed by atoms with van der Waals surface area (Å²) in [4.78, 5) is 21.9. The van der Waals surface area contributed by atoms with Gasteiger partial charge in [0.15, 0.2) is 0 Å². The zero-order valence-corrected chi connectivity index (χ0v) is 8.88. The van der Waals surface area contributed by atoms with Crippen molar-refractivity contribution < 1.29 is 19.4 Å². The van der Waals surface area contributed by atoms with Crippen molar-refractivity contribution in [2.45, 2.75) is 12.8 Å². The Balaban J connectivity index is 2.54. The molecule has 0 aromatic rings. The van der Waals surface area contributed by atoms with Crippen LogP contribution < -0.4 is 0 Å². The Morgan fingerprint density at radius 2 is 2.29 bits per heavy atom. The van der Waals surface area contributed by atoms with E-state index in [1.54, 1.807) is 11.8 Å². The lowest BCUT2D eigenvalue weighted by atomic mass is 9.88. The molecular weight excluding hydrogens is 204 g/mol. The van der Waals surface area contributed by atoms with Crippen LogP contribution >= 0.6 is 11.8 Å². The van der Waals surface area contributed by atoms with Crippen LogP contribution in [0.15, 0.2) is 0 Å². The van der Waals surface area contributed by atoms with Crippen molar-refractivity contribution in [1.82, 2.24) is 0 Å². The molecule has 1 heterocycles. The number of esters is 1. The fourth-order valence-electron chi connectivity index (χ4n) is 1.60. The first kappa shape index (κ1) is 11.4. The molecule has 0 spiro atoms. The van der Waals surface area contributed by atoms with Gasteiger partial charge in [-0.25, -0.2) is 0 Å². The zero-order chi connectivity index (χ0) is 10.6. The van der Waals surface area contributed by atoms with Crippen molar-refractivity contribution in [2.75, 3.05) is 18.6 Å². The third-order valence-electron chi connectivity index (χ3n) is 2.47. The first-order valence-corrected chi connectivity index (χ1v) is 5.68. The number of thioether (sulfide) groups is 1. The van der Waals surface area contributed by atoms with Gasteiger partial charge in [0.1, 0.15) is 0 Å². The summed E-state index contributed by atoms with van der Waals surface area (Å²) in [6.07, 6.45) is 1.02. The molecule has 14 heavy (non-hydrogen) atoms. The van der Waals surface area contributed by atoms with Crippen molar-refractivity contribution in [3.05, 3.63) is 0 Å². The van der Waals surface area contributed by atoms with Crippen LogP contribution in [0.2, 0.25) is 0 Å². The van der Waals surface area contributed by atoms with Crippen LogP contribution in [0.5, 0.6) is 0 Å². The van der Waals surface area contributed by atoms with Crippen LogP contribution in [0.25, 0.3) is 0 Å². The topological polar surface area (TPSA) is 63.6 Å². The van der Waals surface area contributed by atoms with Crippen molar-refractivity contribution in [2.24, 2.45) is 11.8 Å². The summed E-state index contributed by atoms with van der Waals surface area (Å²) in [5, 5.41) is 8.93. The standard InChI is InChI=1S/C9H14O4S/c1-13-8(10)4-6-2-3-14-5-7(6)9(11)12/h6-7H,2-5H2,1H3,(H,11,12)/t6-,7-/m1/s1. The van der Waals surface area contributed by atoms with Crippen molar-refractivity contribution in [3.63, 3.8) is 0 Å². The van der Waals surface area contributed by atoms with Gasteiger partial charge in [0.25, 0.3) is 0 Å². The van der Waals surface area contributed by atoms with E-state index in [4.69, 9.17) is 5.11 Å². The molecule has 80 valence electrons. The first-order chi connectivity index (χ1) is 6.65. The summed E-state index contributed by atoms with van der Waals surface area (Å²) in [6.45, 7) is 0. The number of carbonyl (C=O) groups is 2. The highest BCUT2D eigenvalue weighted by atomic mass is 32.2. The Morgan fingerprint density at radius 1 is 1.57 bits per heavy atom. The lowest BCUT2D eigenvalue weighted by Gasteiger charge is -2.27. The van der Waals surface area contributed by atoms with E-state index in [1.807, 2.05) is 0 Å². The van der Waals surface area contributed by atoms with Gasteiger partial charge in [-0.1, -0.05) is 0 Å². The average molecular weight is 218 g/mol. The molecule has 1 fully saturated rings. The normalized spacial score (nSPS) is 26.9. The Labute approximate surface area is 87.0 Å². The molecule has 0 radical (unpaired) electrons. The smallest absolute Gasteiger partial charge is 0.307 e. The number of carboxylic acid groups (broad SMARTS) is 1. The van der Waals surface area contributed by atoms with E-state index in [0.717, 1.165) is 12.2 Å². The summed E-state index contributed by atoms with van der Waals surface area (Å²) in [5.41, 5.74) is 0. The SMILES string of the molecule is COC(=O)C[C@H]1CCSC[C@H]1C(=O)O. The molecule has 0 amide bonds. The monoisotopic (exact) mass is 218 g/mol. The van der Waals surface area contributed by atoms with E-state index in [1.165, 1.54) is 7.11 Å². The van der Waals surface area contributed by atoms with Crippen LogP contribution in [-0.2, 0) is 14.3 Å². The first-order valence-electron chi connectivity index (χ1n) is 4.52. The molecule has 2 atom stereocenters. The fraction of sp³-hybridized carbons (Fsp3) is 0.778. The van der Waals surface area contributed by atoms with Gasteiger partial charge < -0.3 is 9.84 Å². The highest BCUT2D eigenvalue weighted by Crippen LogP contribution is 2.31. The van der Waals surface area contributed by atoms with Gasteiger partial charge >= 0.3 is 11.9 Å². The summed E-state index contributed by atoms with van der Waals surface area (Å²) in [6, 6.07) is 0. The number of hydrogen-bond donors (Lipinski definition) is 1. The van der Waals surface area contributed by atoms with Crippen LogP contribution in [0, 0.1) is 11.8 Å². The predicted octanol–water partition coefficient (Wildman–Crippen LogP) is 1.00. The minimum absolute atomic E-state index is 0.0544. The predicted molar refractivity (Wildman–Crippen MR) is 53.2 cm³/mol. The maximum absolute atomic E-state index is 11.0. The third kappa shape index (κ3) is 2.90.